The van der Waals surface area contributed by atoms with Crippen molar-refractivity contribution in [3.63, 3.8) is 0 Å². The van der Waals surface area contributed by atoms with Gasteiger partial charge in [-0.2, -0.15) is 0 Å². The molecule has 146 valence electrons. The highest BCUT2D eigenvalue weighted by atomic mass is 16.7. The van der Waals surface area contributed by atoms with Crippen LogP contribution in [0.2, 0.25) is 0 Å². The minimum absolute atomic E-state index is 0.0779. The number of benzene rings is 3. The normalized spacial score (nSPS) is 11.0. The molecule has 0 aliphatic rings. The van der Waals surface area contributed by atoms with Gasteiger partial charge in [-0.1, -0.05) is 41.6 Å². The lowest BCUT2D eigenvalue weighted by Crippen LogP contribution is -2.15. The van der Waals surface area contributed by atoms with Crippen molar-refractivity contribution in [3.05, 3.63) is 106 Å². The summed E-state index contributed by atoms with van der Waals surface area (Å²) < 4.78 is 5.68. The topological polar surface area (TPSA) is 117 Å². The Bertz CT molecular complexity index is 1030. The van der Waals surface area contributed by atoms with Crippen LogP contribution in [-0.4, -0.2) is 16.7 Å². The summed E-state index contributed by atoms with van der Waals surface area (Å²) in [4.78, 5) is 27.2. The first kappa shape index (κ1) is 19.6. The summed E-state index contributed by atoms with van der Waals surface area (Å²) in [5.41, 5.74) is 7.33. The highest BCUT2D eigenvalue weighted by Crippen LogP contribution is 2.16. The summed E-state index contributed by atoms with van der Waals surface area (Å²) in [6.07, 6.45) is 0. The Morgan fingerprint density at radius 1 is 0.966 bits per heavy atom. The lowest BCUT2D eigenvalue weighted by atomic mass is 10.2. The van der Waals surface area contributed by atoms with Gasteiger partial charge in [-0.15, -0.1) is 0 Å². The molecule has 0 aliphatic carbocycles. The lowest BCUT2D eigenvalue weighted by molar-refractivity contribution is -0.384. The summed E-state index contributed by atoms with van der Waals surface area (Å²) in [7, 11) is 0. The zero-order chi connectivity index (χ0) is 20.6. The zero-order valence-corrected chi connectivity index (χ0v) is 15.2. The van der Waals surface area contributed by atoms with Crippen LogP contribution < -0.4 is 10.5 Å². The van der Waals surface area contributed by atoms with Gasteiger partial charge in [0.15, 0.2) is 5.84 Å². The molecule has 0 saturated carbocycles. The molecule has 0 heterocycles. The third kappa shape index (κ3) is 5.39. The molecule has 8 nitrogen and oxygen atoms in total. The second-order valence-corrected chi connectivity index (χ2v) is 5.96. The molecule has 0 spiro atoms. The van der Waals surface area contributed by atoms with Gasteiger partial charge in [0.1, 0.15) is 12.4 Å². The van der Waals surface area contributed by atoms with E-state index in [-0.39, 0.29) is 17.1 Å². The molecule has 0 atom stereocenters. The summed E-state index contributed by atoms with van der Waals surface area (Å²) in [6.45, 7) is 0.366. The van der Waals surface area contributed by atoms with E-state index in [1.165, 1.54) is 24.3 Å². The SMILES string of the molecule is N/C(=N\OC(=O)c1cccc(OCc2ccccc2)c1)c1ccc([N+](=O)[O-])cc1. The molecular weight excluding hydrogens is 374 g/mol. The largest absolute Gasteiger partial charge is 0.489 e. The van der Waals surface area contributed by atoms with Crippen molar-refractivity contribution in [2.24, 2.45) is 10.9 Å². The molecule has 0 bridgehead atoms. The van der Waals surface area contributed by atoms with Gasteiger partial charge in [-0.05, 0) is 35.9 Å². The van der Waals surface area contributed by atoms with E-state index in [0.717, 1.165) is 5.56 Å². The van der Waals surface area contributed by atoms with Crippen molar-refractivity contribution in [2.75, 3.05) is 0 Å². The van der Waals surface area contributed by atoms with Gasteiger partial charge in [0.2, 0.25) is 0 Å². The standard InChI is InChI=1S/C21H17N3O5/c22-20(16-9-11-18(12-10-16)24(26)27)23-29-21(25)17-7-4-8-19(13-17)28-14-15-5-2-1-3-6-15/h1-13H,14H2,(H2,22,23). The second kappa shape index (κ2) is 9.14. The van der Waals surface area contributed by atoms with Gasteiger partial charge >= 0.3 is 5.97 Å². The molecule has 0 saturated heterocycles. The Morgan fingerprint density at radius 2 is 1.69 bits per heavy atom. The summed E-state index contributed by atoms with van der Waals surface area (Å²) in [6, 6.07) is 21.5. The first-order valence-corrected chi connectivity index (χ1v) is 8.59. The van der Waals surface area contributed by atoms with Gasteiger partial charge in [-0.25, -0.2) is 4.79 Å². The second-order valence-electron chi connectivity index (χ2n) is 5.96. The minimum Gasteiger partial charge on any atom is -0.489 e. The van der Waals surface area contributed by atoms with Gasteiger partial charge < -0.3 is 15.3 Å². The maximum absolute atomic E-state index is 12.2. The molecule has 0 fully saturated rings. The average molecular weight is 391 g/mol. The summed E-state index contributed by atoms with van der Waals surface area (Å²) in [5.74, 6) is -0.277. The molecule has 0 unspecified atom stereocenters. The average Bonchev–Trinajstić information content (AvgIpc) is 2.76. The van der Waals surface area contributed by atoms with Crippen LogP contribution in [0.4, 0.5) is 5.69 Å². The number of ether oxygens (including phenoxy) is 1. The van der Waals surface area contributed by atoms with Crippen LogP contribution in [0, 0.1) is 10.1 Å². The van der Waals surface area contributed by atoms with E-state index >= 15 is 0 Å². The zero-order valence-electron chi connectivity index (χ0n) is 15.2. The van der Waals surface area contributed by atoms with Gasteiger partial charge in [0.05, 0.1) is 10.5 Å². The Labute approximate surface area is 166 Å². The van der Waals surface area contributed by atoms with E-state index in [0.29, 0.717) is 17.9 Å². The van der Waals surface area contributed by atoms with Crippen LogP contribution >= 0.6 is 0 Å². The number of hydrogen-bond acceptors (Lipinski definition) is 6. The molecular formula is C21H17N3O5. The van der Waals surface area contributed by atoms with Crippen molar-refractivity contribution >= 4 is 17.5 Å². The highest BCUT2D eigenvalue weighted by molar-refractivity contribution is 5.98. The van der Waals surface area contributed by atoms with Crippen molar-refractivity contribution in [1.82, 2.24) is 0 Å². The van der Waals surface area contributed by atoms with Gasteiger partial charge in [-0.3, -0.25) is 10.1 Å². The molecule has 0 amide bonds. The van der Waals surface area contributed by atoms with Crippen molar-refractivity contribution in [2.45, 2.75) is 6.61 Å². The van der Waals surface area contributed by atoms with Crippen molar-refractivity contribution < 1.29 is 19.3 Å². The third-order valence-electron chi connectivity index (χ3n) is 3.92. The molecule has 3 aromatic rings. The van der Waals surface area contributed by atoms with Crippen molar-refractivity contribution in [1.29, 1.82) is 0 Å². The monoisotopic (exact) mass is 391 g/mol. The number of oxime groups is 1. The first-order valence-electron chi connectivity index (χ1n) is 8.59. The number of nitro groups is 1. The fraction of sp³-hybridized carbons (Fsp3) is 0.0476. The maximum atomic E-state index is 12.2. The maximum Gasteiger partial charge on any atom is 0.365 e. The van der Waals surface area contributed by atoms with Crippen molar-refractivity contribution in [3.8, 4) is 5.75 Å². The smallest absolute Gasteiger partial charge is 0.365 e. The van der Waals surface area contributed by atoms with Crippen LogP contribution in [0.3, 0.4) is 0 Å². The molecule has 0 aromatic heterocycles. The Hall–Kier alpha value is -4.20. The van der Waals surface area contributed by atoms with Crippen LogP contribution in [0.15, 0.2) is 84.0 Å². The van der Waals surface area contributed by atoms with Gasteiger partial charge in [0.25, 0.3) is 5.69 Å². The quantitative estimate of drug-likeness (QED) is 0.216. The Balaban J connectivity index is 1.62. The van der Waals surface area contributed by atoms with Gasteiger partial charge in [0, 0.05) is 17.7 Å². The van der Waals surface area contributed by atoms with E-state index in [4.69, 9.17) is 15.3 Å². The summed E-state index contributed by atoms with van der Waals surface area (Å²) in [5, 5.41) is 14.3. The number of rotatable bonds is 7. The minimum atomic E-state index is -0.708. The Morgan fingerprint density at radius 3 is 2.38 bits per heavy atom. The predicted octanol–water partition coefficient (Wildman–Crippen LogP) is 3.65. The number of amidine groups is 1. The van der Waals surface area contributed by atoms with E-state index in [1.54, 1.807) is 24.3 Å². The highest BCUT2D eigenvalue weighted by Gasteiger charge is 2.11. The number of non-ortho nitro benzene ring substituents is 1. The molecule has 2 N–H and O–H groups in total. The number of carbonyl (C=O) groups is 1. The number of nitrogens with two attached hydrogens (primary N) is 1. The molecule has 3 rings (SSSR count). The van der Waals surface area contributed by atoms with Crippen LogP contribution in [0.25, 0.3) is 0 Å². The van der Waals surface area contributed by atoms with Crippen LogP contribution in [0.5, 0.6) is 5.75 Å². The molecule has 8 heteroatoms. The first-order chi connectivity index (χ1) is 14.0. The summed E-state index contributed by atoms with van der Waals surface area (Å²) >= 11 is 0. The third-order valence-corrected chi connectivity index (χ3v) is 3.92. The van der Waals surface area contributed by atoms with E-state index in [9.17, 15) is 14.9 Å². The lowest BCUT2D eigenvalue weighted by Gasteiger charge is -2.07. The number of carbonyl (C=O) groups excluding carboxylic acids is 1. The number of nitrogens with zero attached hydrogens (tertiary/aromatic N) is 2. The van der Waals surface area contributed by atoms with E-state index in [2.05, 4.69) is 5.16 Å². The van der Waals surface area contributed by atoms with E-state index < -0.39 is 10.9 Å². The Kier molecular flexibility index (Phi) is 6.16. The molecule has 3 aromatic carbocycles. The fourth-order valence-corrected chi connectivity index (χ4v) is 2.40. The molecule has 0 radical (unpaired) electrons. The molecule has 0 aliphatic heterocycles. The van der Waals surface area contributed by atoms with Crippen LogP contribution in [-0.2, 0) is 11.4 Å². The van der Waals surface area contributed by atoms with E-state index in [1.807, 2.05) is 30.3 Å². The number of nitro benzene ring substituents is 1. The predicted molar refractivity (Wildman–Crippen MR) is 106 cm³/mol. The molecule has 29 heavy (non-hydrogen) atoms. The number of hydrogen-bond donors (Lipinski definition) is 1. The van der Waals surface area contributed by atoms with Crippen LogP contribution in [0.1, 0.15) is 21.5 Å². The fourth-order valence-electron chi connectivity index (χ4n) is 2.40.